The van der Waals surface area contributed by atoms with Crippen molar-refractivity contribution < 1.29 is 9.53 Å². The predicted molar refractivity (Wildman–Crippen MR) is 129 cm³/mol. The van der Waals surface area contributed by atoms with Crippen molar-refractivity contribution in [2.45, 2.75) is 13.0 Å². The molecule has 1 atom stereocenters. The number of carbonyl (C=O) groups excluding carboxylic acids is 1. The van der Waals surface area contributed by atoms with Gasteiger partial charge in [-0.05, 0) is 24.1 Å². The van der Waals surface area contributed by atoms with Crippen LogP contribution in [0.1, 0.15) is 24.1 Å². The first-order valence-corrected chi connectivity index (χ1v) is 11.0. The highest BCUT2D eigenvalue weighted by atomic mass is 32.1. The summed E-state index contributed by atoms with van der Waals surface area (Å²) in [5, 5.41) is 0. The van der Waals surface area contributed by atoms with Gasteiger partial charge in [0.2, 0.25) is 0 Å². The van der Waals surface area contributed by atoms with Crippen molar-refractivity contribution in [1.82, 2.24) is 4.57 Å². The molecule has 2 heterocycles. The van der Waals surface area contributed by atoms with Crippen LogP contribution >= 0.6 is 11.3 Å². The molecule has 0 radical (unpaired) electrons. The highest BCUT2D eigenvalue weighted by molar-refractivity contribution is 7.07. The number of hydrogen-bond acceptors (Lipinski definition) is 5. The predicted octanol–water partition coefficient (Wildman–Crippen LogP) is 3.74. The van der Waals surface area contributed by atoms with Crippen LogP contribution < -0.4 is 14.9 Å². The minimum absolute atomic E-state index is 0.192. The minimum atomic E-state index is -0.598. The lowest BCUT2D eigenvalue weighted by molar-refractivity contribution is -0.136. The fourth-order valence-electron chi connectivity index (χ4n) is 3.51. The molecule has 0 aliphatic carbocycles. The average molecular weight is 443 g/mol. The lowest BCUT2D eigenvalue weighted by atomic mass is 10.0. The topological polar surface area (TPSA) is 60.7 Å². The van der Waals surface area contributed by atoms with Gasteiger partial charge in [0.1, 0.15) is 0 Å². The van der Waals surface area contributed by atoms with E-state index in [-0.39, 0.29) is 5.56 Å². The Morgan fingerprint density at radius 3 is 2.28 bits per heavy atom. The Morgan fingerprint density at radius 2 is 1.66 bits per heavy atom. The number of benzene rings is 2. The fraction of sp³-hybridized carbons (Fsp3) is 0.115. The quantitative estimate of drug-likeness (QED) is 0.566. The molecule has 0 saturated heterocycles. The van der Waals surface area contributed by atoms with Gasteiger partial charge in [-0.3, -0.25) is 9.36 Å². The summed E-state index contributed by atoms with van der Waals surface area (Å²) in [7, 11) is 1.33. The number of allylic oxidation sites excluding steroid dienone is 3. The van der Waals surface area contributed by atoms with Crippen LogP contribution in [-0.2, 0) is 9.53 Å². The molecular weight excluding hydrogens is 420 g/mol. The second kappa shape index (κ2) is 9.58. The largest absolute Gasteiger partial charge is 0.466 e. The first kappa shape index (κ1) is 21.5. The third-order valence-corrected chi connectivity index (χ3v) is 6.08. The number of nitrogens with zero attached hydrogens (tertiary/aromatic N) is 2. The molecule has 0 N–H and O–H groups in total. The zero-order valence-corrected chi connectivity index (χ0v) is 18.6. The van der Waals surface area contributed by atoms with Crippen LogP contribution in [0.4, 0.5) is 0 Å². The number of carbonyl (C=O) groups is 1. The minimum Gasteiger partial charge on any atom is -0.466 e. The van der Waals surface area contributed by atoms with Crippen molar-refractivity contribution in [1.29, 1.82) is 0 Å². The van der Waals surface area contributed by atoms with E-state index in [1.165, 1.54) is 18.4 Å². The van der Waals surface area contributed by atoms with Crippen LogP contribution in [-0.4, -0.2) is 17.6 Å². The molecule has 0 bridgehead atoms. The summed E-state index contributed by atoms with van der Waals surface area (Å²) < 4.78 is 7.11. The first-order valence-electron chi connectivity index (χ1n) is 10.1. The number of methoxy groups -OCH3 is 1. The smallest absolute Gasteiger partial charge is 0.338 e. The van der Waals surface area contributed by atoms with Gasteiger partial charge in [-0.1, -0.05) is 96.3 Å². The van der Waals surface area contributed by atoms with Crippen LogP contribution in [0, 0.1) is 0 Å². The van der Waals surface area contributed by atoms with E-state index in [4.69, 9.17) is 4.74 Å². The molecule has 32 heavy (non-hydrogen) atoms. The molecule has 1 aromatic heterocycles. The highest BCUT2D eigenvalue weighted by Gasteiger charge is 2.29. The number of fused-ring (bicyclic) bond motifs is 1. The van der Waals surface area contributed by atoms with Crippen molar-refractivity contribution in [3.05, 3.63) is 115 Å². The summed E-state index contributed by atoms with van der Waals surface area (Å²) in [6.45, 7) is 1.77. The second-order valence-electron chi connectivity index (χ2n) is 7.18. The summed E-state index contributed by atoms with van der Waals surface area (Å²) in [6.07, 6.45) is 9.33. The Morgan fingerprint density at radius 1 is 1.03 bits per heavy atom. The van der Waals surface area contributed by atoms with Crippen LogP contribution in [0.25, 0.3) is 18.2 Å². The molecular formula is C26H22N2O3S. The maximum Gasteiger partial charge on any atom is 0.338 e. The highest BCUT2D eigenvalue weighted by Crippen LogP contribution is 2.26. The van der Waals surface area contributed by atoms with E-state index in [0.717, 1.165) is 11.1 Å². The molecule has 5 nitrogen and oxygen atoms in total. The lowest BCUT2D eigenvalue weighted by Gasteiger charge is -2.21. The first-order chi connectivity index (χ1) is 15.6. The summed E-state index contributed by atoms with van der Waals surface area (Å²) in [4.78, 5) is 30.9. The number of aromatic nitrogens is 1. The molecule has 3 aromatic rings. The Labute approximate surface area is 189 Å². The van der Waals surface area contributed by atoms with Gasteiger partial charge in [0.25, 0.3) is 5.56 Å². The van der Waals surface area contributed by atoms with Crippen LogP contribution in [0.3, 0.4) is 0 Å². The molecule has 1 aliphatic heterocycles. The molecule has 4 rings (SSSR count). The maximum absolute atomic E-state index is 13.3. The van der Waals surface area contributed by atoms with Crippen LogP contribution in [0.15, 0.2) is 93.9 Å². The van der Waals surface area contributed by atoms with Gasteiger partial charge in [-0.25, -0.2) is 9.79 Å². The van der Waals surface area contributed by atoms with Gasteiger partial charge in [-0.2, -0.15) is 0 Å². The van der Waals surface area contributed by atoms with Crippen LogP contribution in [0.5, 0.6) is 0 Å². The number of rotatable bonds is 5. The number of esters is 1. The zero-order chi connectivity index (χ0) is 22.5. The Kier molecular flexibility index (Phi) is 6.42. The van der Waals surface area contributed by atoms with Crippen molar-refractivity contribution in [3.63, 3.8) is 0 Å². The standard InChI is InChI=1S/C26H22N2O3S/c1-18-23(25(30)31-2)21(17-16-20-12-7-4-8-13-20)28-24(29)22(32-26(28)27-18)15-9-14-19-10-5-3-6-11-19/h3-17,21H,1-2H3/b14-9+,17-16+,22-15+/t21-/m0/s1. The molecule has 0 fully saturated rings. The Balaban J connectivity index is 1.80. The summed E-state index contributed by atoms with van der Waals surface area (Å²) in [5.41, 5.74) is 2.73. The van der Waals surface area contributed by atoms with Crippen molar-refractivity contribution in [3.8, 4) is 0 Å². The monoisotopic (exact) mass is 442 g/mol. The lowest BCUT2D eigenvalue weighted by Crippen LogP contribution is -2.38. The third kappa shape index (κ3) is 4.45. The van der Waals surface area contributed by atoms with Crippen molar-refractivity contribution in [2.24, 2.45) is 4.99 Å². The number of thiazole rings is 1. The summed E-state index contributed by atoms with van der Waals surface area (Å²) >= 11 is 1.30. The normalized spacial score (nSPS) is 16.4. The average Bonchev–Trinajstić information content (AvgIpc) is 3.13. The molecule has 0 spiro atoms. The van der Waals surface area contributed by atoms with E-state index < -0.39 is 12.0 Å². The molecule has 0 saturated carbocycles. The van der Waals surface area contributed by atoms with Gasteiger partial charge in [0, 0.05) is 0 Å². The van der Waals surface area contributed by atoms with Gasteiger partial charge in [0.05, 0.1) is 29.0 Å². The molecule has 160 valence electrons. The SMILES string of the molecule is COC(=O)C1=C(C)N=c2s/c(=C/C=C/c3ccccc3)c(=O)n2[C@H]1/C=C/c1ccccc1. The van der Waals surface area contributed by atoms with Crippen LogP contribution in [0.2, 0.25) is 0 Å². The van der Waals surface area contributed by atoms with E-state index >= 15 is 0 Å². The van der Waals surface area contributed by atoms with E-state index in [1.807, 2.05) is 85.0 Å². The van der Waals surface area contributed by atoms with Gasteiger partial charge in [-0.15, -0.1) is 0 Å². The summed E-state index contributed by atoms with van der Waals surface area (Å²) in [6, 6.07) is 19.0. The molecule has 2 aromatic carbocycles. The third-order valence-electron chi connectivity index (χ3n) is 5.08. The molecule has 6 heteroatoms. The number of ether oxygens (including phenoxy) is 1. The summed E-state index contributed by atoms with van der Waals surface area (Å²) in [5.74, 6) is -0.493. The Bertz CT molecular complexity index is 1390. The fourth-order valence-corrected chi connectivity index (χ4v) is 4.52. The van der Waals surface area contributed by atoms with Crippen molar-refractivity contribution >= 4 is 35.5 Å². The van der Waals surface area contributed by atoms with Crippen molar-refractivity contribution in [2.75, 3.05) is 7.11 Å². The van der Waals surface area contributed by atoms with E-state index in [9.17, 15) is 9.59 Å². The maximum atomic E-state index is 13.3. The Hall–Kier alpha value is -3.77. The molecule has 0 amide bonds. The second-order valence-corrected chi connectivity index (χ2v) is 8.19. The zero-order valence-electron chi connectivity index (χ0n) is 17.8. The van der Waals surface area contributed by atoms with E-state index in [2.05, 4.69) is 4.99 Å². The van der Waals surface area contributed by atoms with Gasteiger partial charge >= 0.3 is 5.97 Å². The molecule has 0 unspecified atom stereocenters. The molecule has 1 aliphatic rings. The number of hydrogen-bond donors (Lipinski definition) is 0. The van der Waals surface area contributed by atoms with Gasteiger partial charge < -0.3 is 4.74 Å². The van der Waals surface area contributed by atoms with E-state index in [1.54, 1.807) is 17.6 Å². The van der Waals surface area contributed by atoms with Gasteiger partial charge in [0.15, 0.2) is 4.80 Å². The van der Waals surface area contributed by atoms with E-state index in [0.29, 0.717) is 20.6 Å².